The lowest BCUT2D eigenvalue weighted by Gasteiger charge is -2.22. The fourth-order valence-corrected chi connectivity index (χ4v) is 6.03. The van der Waals surface area contributed by atoms with Crippen LogP contribution in [0.25, 0.3) is 10.9 Å². The third-order valence-electron chi connectivity index (χ3n) is 7.21. The van der Waals surface area contributed by atoms with Crippen molar-refractivity contribution in [1.82, 2.24) is 9.58 Å². The second-order valence-corrected chi connectivity index (χ2v) is 10.9. The summed E-state index contributed by atoms with van der Waals surface area (Å²) in [6.45, 7) is 0.587. The Hall–Kier alpha value is -4.43. The predicted octanol–water partition coefficient (Wildman–Crippen LogP) is 7.45. The zero-order chi connectivity index (χ0) is 28.3. The second kappa shape index (κ2) is 11.6. The molecule has 5 nitrogen and oxygen atoms in total. The van der Waals surface area contributed by atoms with Crippen LogP contribution in [0.1, 0.15) is 29.2 Å². The summed E-state index contributed by atoms with van der Waals surface area (Å²) in [5.41, 5.74) is 4.55. The molecule has 0 fully saturated rings. The molecule has 41 heavy (non-hydrogen) atoms. The molecular weight excluding hydrogens is 540 g/mol. The van der Waals surface area contributed by atoms with Crippen LogP contribution in [-0.2, 0) is 11.3 Å². The average Bonchev–Trinajstić information content (AvgIpc) is 3.60. The van der Waals surface area contributed by atoms with Crippen molar-refractivity contribution in [2.75, 3.05) is 12.9 Å². The van der Waals surface area contributed by atoms with Gasteiger partial charge in [0.05, 0.1) is 24.6 Å². The average molecular weight is 568 g/mol. The number of aromatic nitrogens is 1. The van der Waals surface area contributed by atoms with E-state index in [2.05, 4.69) is 4.57 Å². The lowest BCUT2D eigenvalue weighted by molar-refractivity contribution is -0.130. The molecule has 0 spiro atoms. The first-order chi connectivity index (χ1) is 20.0. The van der Waals surface area contributed by atoms with E-state index in [0.29, 0.717) is 13.0 Å². The Morgan fingerprint density at radius 2 is 1.61 bits per heavy atom. The van der Waals surface area contributed by atoms with Crippen LogP contribution < -0.4 is 4.74 Å². The number of fused-ring (bicyclic) bond motifs is 1. The molecule has 1 amide bonds. The number of hydrogen-bond acceptors (Lipinski definition) is 4. The van der Waals surface area contributed by atoms with Gasteiger partial charge in [-0.05, 0) is 71.3 Å². The minimum absolute atomic E-state index is 0.136. The van der Waals surface area contributed by atoms with Crippen LogP contribution in [0.5, 0.6) is 5.75 Å². The number of methoxy groups -OCH3 is 1. The first-order valence-corrected chi connectivity index (χ1v) is 14.2. The van der Waals surface area contributed by atoms with Crippen LogP contribution in [0.15, 0.2) is 113 Å². The van der Waals surface area contributed by atoms with Gasteiger partial charge in [-0.3, -0.25) is 4.79 Å². The molecule has 1 aromatic heterocycles. The van der Waals surface area contributed by atoms with Gasteiger partial charge in [0, 0.05) is 35.0 Å². The molecule has 2 heterocycles. The number of nitrogens with zero attached hydrogens (tertiary/aromatic N) is 3. The highest BCUT2D eigenvalue weighted by atomic mass is 32.2. The van der Waals surface area contributed by atoms with Crippen molar-refractivity contribution in [3.8, 4) is 5.75 Å². The number of ether oxygens (including phenoxy) is 1. The van der Waals surface area contributed by atoms with Crippen molar-refractivity contribution in [2.24, 2.45) is 5.10 Å². The fraction of sp³-hybridized carbons (Fsp3) is 0.152. The van der Waals surface area contributed by atoms with Crippen molar-refractivity contribution in [1.29, 1.82) is 0 Å². The van der Waals surface area contributed by atoms with Gasteiger partial charge in [-0.2, -0.15) is 5.10 Å². The summed E-state index contributed by atoms with van der Waals surface area (Å²) in [4.78, 5) is 14.7. The Kier molecular flexibility index (Phi) is 7.57. The quantitative estimate of drug-likeness (QED) is 0.183. The Balaban J connectivity index is 1.25. The van der Waals surface area contributed by atoms with Crippen molar-refractivity contribution in [3.63, 3.8) is 0 Å². The zero-order valence-corrected chi connectivity index (χ0v) is 23.2. The van der Waals surface area contributed by atoms with Crippen LogP contribution >= 0.6 is 11.8 Å². The van der Waals surface area contributed by atoms with Gasteiger partial charge in [-0.1, -0.05) is 42.5 Å². The van der Waals surface area contributed by atoms with Crippen LogP contribution in [-0.4, -0.2) is 34.1 Å². The topological polar surface area (TPSA) is 46.8 Å². The number of carbonyl (C=O) groups is 1. The standard InChI is InChI=1S/C33H27F2N3O2S/c1-40-27-16-10-23(11-17-27)29-18-31(24-8-14-26(35)15-9-24)38(36-29)33(39)21-41-32-20-37(30-5-3-2-4-28(30)32)19-22-6-12-25(34)13-7-22/h2-17,20,31H,18-19,21H2,1H3/t31-/m1/s1. The highest BCUT2D eigenvalue weighted by molar-refractivity contribution is 8.00. The maximum Gasteiger partial charge on any atom is 0.253 e. The molecule has 0 aliphatic carbocycles. The molecule has 0 bridgehead atoms. The van der Waals surface area contributed by atoms with E-state index in [9.17, 15) is 13.6 Å². The molecule has 6 rings (SSSR count). The fourth-order valence-electron chi connectivity index (χ4n) is 5.09. The van der Waals surface area contributed by atoms with Gasteiger partial charge < -0.3 is 9.30 Å². The molecule has 0 N–H and O–H groups in total. The van der Waals surface area contributed by atoms with Gasteiger partial charge in [0.2, 0.25) is 0 Å². The number of rotatable bonds is 8. The van der Waals surface area contributed by atoms with Gasteiger partial charge in [0.1, 0.15) is 17.4 Å². The molecule has 8 heteroatoms. The molecule has 206 valence electrons. The van der Waals surface area contributed by atoms with E-state index in [4.69, 9.17) is 9.84 Å². The highest BCUT2D eigenvalue weighted by Crippen LogP contribution is 2.36. The number of hydrogen-bond donors (Lipinski definition) is 0. The first kappa shape index (κ1) is 26.8. The summed E-state index contributed by atoms with van der Waals surface area (Å²) in [6, 6.07) is 28.0. The molecular formula is C33H27F2N3O2S. The van der Waals surface area contributed by atoms with Crippen LogP contribution in [0.4, 0.5) is 8.78 Å². The van der Waals surface area contributed by atoms with Crippen LogP contribution in [0.2, 0.25) is 0 Å². The van der Waals surface area contributed by atoms with E-state index in [1.54, 1.807) is 31.4 Å². The largest absolute Gasteiger partial charge is 0.497 e. The van der Waals surface area contributed by atoms with Crippen molar-refractivity contribution in [2.45, 2.75) is 23.9 Å². The van der Waals surface area contributed by atoms with Crippen LogP contribution in [0, 0.1) is 11.6 Å². The molecule has 0 unspecified atom stereocenters. The van der Waals surface area contributed by atoms with Crippen molar-refractivity contribution in [3.05, 3.63) is 132 Å². The number of benzene rings is 4. The Morgan fingerprint density at radius 3 is 2.32 bits per heavy atom. The number of hydrazone groups is 1. The second-order valence-electron chi connectivity index (χ2n) is 9.84. The molecule has 0 saturated heterocycles. The summed E-state index contributed by atoms with van der Waals surface area (Å²) in [5, 5.41) is 7.34. The van der Waals surface area contributed by atoms with Gasteiger partial charge in [0.15, 0.2) is 0 Å². The maximum absolute atomic E-state index is 13.7. The van der Waals surface area contributed by atoms with E-state index in [1.807, 2.05) is 54.7 Å². The molecule has 1 aliphatic rings. The van der Waals surface area contributed by atoms with E-state index in [-0.39, 0.29) is 29.3 Å². The summed E-state index contributed by atoms with van der Waals surface area (Å²) >= 11 is 1.46. The number of para-hydroxylation sites is 1. The smallest absolute Gasteiger partial charge is 0.253 e. The monoisotopic (exact) mass is 567 g/mol. The third-order valence-corrected chi connectivity index (χ3v) is 8.24. The molecule has 0 saturated carbocycles. The molecule has 1 atom stereocenters. The Bertz CT molecular complexity index is 1720. The first-order valence-electron chi connectivity index (χ1n) is 13.2. The number of amides is 1. The van der Waals surface area contributed by atoms with Crippen LogP contribution in [0.3, 0.4) is 0 Å². The lowest BCUT2D eigenvalue weighted by Crippen LogP contribution is -2.28. The Morgan fingerprint density at radius 1 is 0.927 bits per heavy atom. The molecule has 4 aromatic carbocycles. The summed E-state index contributed by atoms with van der Waals surface area (Å²) in [7, 11) is 1.62. The van der Waals surface area contributed by atoms with E-state index < -0.39 is 0 Å². The number of thioether (sulfide) groups is 1. The van der Waals surface area contributed by atoms with E-state index in [0.717, 1.165) is 43.9 Å². The lowest BCUT2D eigenvalue weighted by atomic mass is 9.98. The molecule has 0 radical (unpaired) electrons. The van der Waals surface area contributed by atoms with Gasteiger partial charge in [-0.25, -0.2) is 13.8 Å². The zero-order valence-electron chi connectivity index (χ0n) is 22.3. The predicted molar refractivity (Wildman–Crippen MR) is 158 cm³/mol. The summed E-state index contributed by atoms with van der Waals surface area (Å²) in [6.07, 6.45) is 2.56. The third kappa shape index (κ3) is 5.74. The van der Waals surface area contributed by atoms with E-state index >= 15 is 0 Å². The SMILES string of the molecule is COc1ccc(C2=NN(C(=O)CSc3cn(Cc4ccc(F)cc4)c4ccccc34)[C@@H](c3ccc(F)cc3)C2)cc1. The highest BCUT2D eigenvalue weighted by Gasteiger charge is 2.33. The van der Waals surface area contributed by atoms with Gasteiger partial charge in [-0.15, -0.1) is 11.8 Å². The molecule has 5 aromatic rings. The summed E-state index contributed by atoms with van der Waals surface area (Å²) in [5.74, 6) is 0.198. The van der Waals surface area contributed by atoms with Crippen molar-refractivity contribution < 1.29 is 18.3 Å². The van der Waals surface area contributed by atoms with E-state index in [1.165, 1.54) is 41.0 Å². The maximum atomic E-state index is 13.7. The van der Waals surface area contributed by atoms with Crippen molar-refractivity contribution >= 4 is 34.3 Å². The van der Waals surface area contributed by atoms with Gasteiger partial charge in [0.25, 0.3) is 5.91 Å². The summed E-state index contributed by atoms with van der Waals surface area (Å²) < 4.78 is 34.5. The normalized spacial score (nSPS) is 14.9. The molecule has 1 aliphatic heterocycles. The number of carbonyl (C=O) groups excluding carboxylic acids is 1. The minimum atomic E-state index is -0.333. The minimum Gasteiger partial charge on any atom is -0.497 e. The number of halogens is 2. The van der Waals surface area contributed by atoms with Gasteiger partial charge >= 0.3 is 0 Å². The Labute approximate surface area is 241 Å².